The molecule has 0 spiro atoms. The van der Waals surface area contributed by atoms with Crippen LogP contribution in [-0.2, 0) is 13.5 Å². The molecule has 5 nitrogen and oxygen atoms in total. The van der Waals surface area contributed by atoms with Gasteiger partial charge >= 0.3 is 6.18 Å². The van der Waals surface area contributed by atoms with E-state index in [0.29, 0.717) is 17.2 Å². The van der Waals surface area contributed by atoms with Crippen LogP contribution >= 0.6 is 0 Å². The van der Waals surface area contributed by atoms with Gasteiger partial charge in [0.25, 0.3) is 5.56 Å². The predicted octanol–water partition coefficient (Wildman–Crippen LogP) is 3.00. The van der Waals surface area contributed by atoms with Gasteiger partial charge in [0.2, 0.25) is 0 Å². The molecule has 1 aromatic carbocycles. The Balaban J connectivity index is 2.11. The summed E-state index contributed by atoms with van der Waals surface area (Å²) in [5.74, 6) is 0.298. The van der Waals surface area contributed by atoms with Crippen LogP contribution in [0.25, 0.3) is 16.9 Å². The Morgan fingerprint density at radius 1 is 1.17 bits per heavy atom. The summed E-state index contributed by atoms with van der Waals surface area (Å²) < 4.78 is 40.2. The van der Waals surface area contributed by atoms with E-state index in [4.69, 9.17) is 0 Å². The van der Waals surface area contributed by atoms with Crippen molar-refractivity contribution < 1.29 is 13.2 Å². The lowest BCUT2D eigenvalue weighted by Gasteiger charge is -2.13. The molecule has 2 aromatic heterocycles. The lowest BCUT2D eigenvalue weighted by molar-refractivity contribution is -0.135. The number of para-hydroxylation sites is 1. The van der Waals surface area contributed by atoms with Crippen LogP contribution in [0.15, 0.2) is 41.5 Å². The molecule has 0 fully saturated rings. The van der Waals surface area contributed by atoms with Crippen LogP contribution in [0.2, 0.25) is 0 Å². The third-order valence-corrected chi connectivity index (χ3v) is 3.68. The standard InChI is InChI=1S/C16H15F3N4O/c1-22-10-20-13-14(22)21-12(8-5-9-16(17,18)19)23(15(13)24)11-6-3-2-4-7-11/h2-4,6-7,10H,5,8-9H2,1H3. The van der Waals surface area contributed by atoms with Gasteiger partial charge in [0.15, 0.2) is 11.2 Å². The number of rotatable bonds is 4. The van der Waals surface area contributed by atoms with Crippen molar-refractivity contribution in [2.24, 2.45) is 7.05 Å². The molecular formula is C16H15F3N4O. The highest BCUT2D eigenvalue weighted by atomic mass is 19.4. The minimum atomic E-state index is -4.23. The quantitative estimate of drug-likeness (QED) is 0.736. The van der Waals surface area contributed by atoms with E-state index in [1.54, 1.807) is 41.9 Å². The zero-order chi connectivity index (χ0) is 17.3. The average Bonchev–Trinajstić information content (AvgIpc) is 2.89. The number of nitrogens with zero attached hydrogens (tertiary/aromatic N) is 4. The van der Waals surface area contributed by atoms with Gasteiger partial charge in [-0.3, -0.25) is 9.36 Å². The molecule has 0 aliphatic heterocycles. The minimum absolute atomic E-state index is 0.0464. The first-order chi connectivity index (χ1) is 11.4. The van der Waals surface area contributed by atoms with Gasteiger partial charge in [-0.2, -0.15) is 13.2 Å². The zero-order valence-electron chi connectivity index (χ0n) is 12.9. The van der Waals surface area contributed by atoms with Gasteiger partial charge in [0.05, 0.1) is 12.0 Å². The highest BCUT2D eigenvalue weighted by Crippen LogP contribution is 2.23. The molecule has 2 heterocycles. The second kappa shape index (κ2) is 6.10. The largest absolute Gasteiger partial charge is 0.389 e. The van der Waals surface area contributed by atoms with Crippen LogP contribution in [0.4, 0.5) is 13.2 Å². The Kier molecular flexibility index (Phi) is 4.13. The molecule has 0 amide bonds. The fourth-order valence-electron chi connectivity index (χ4n) is 2.56. The molecular weight excluding hydrogens is 321 g/mol. The summed E-state index contributed by atoms with van der Waals surface area (Å²) in [6.07, 6.45) is -3.76. The predicted molar refractivity (Wildman–Crippen MR) is 83.1 cm³/mol. The summed E-state index contributed by atoms with van der Waals surface area (Å²) in [5.41, 5.74) is 0.744. The Hall–Kier alpha value is -2.64. The summed E-state index contributed by atoms with van der Waals surface area (Å²) in [4.78, 5) is 21.2. The normalized spacial score (nSPS) is 12.0. The number of hydrogen-bond donors (Lipinski definition) is 0. The molecule has 3 aromatic rings. The number of aryl methyl sites for hydroxylation is 2. The average molecular weight is 336 g/mol. The number of fused-ring (bicyclic) bond motifs is 1. The van der Waals surface area contributed by atoms with Crippen LogP contribution in [-0.4, -0.2) is 25.3 Å². The highest BCUT2D eigenvalue weighted by Gasteiger charge is 2.26. The van der Waals surface area contributed by atoms with E-state index in [0.717, 1.165) is 0 Å². The molecule has 0 aliphatic carbocycles. The molecule has 0 bridgehead atoms. The van der Waals surface area contributed by atoms with Gasteiger partial charge in [-0.05, 0) is 18.6 Å². The summed E-state index contributed by atoms with van der Waals surface area (Å²) in [7, 11) is 1.69. The molecule has 126 valence electrons. The SMILES string of the molecule is Cn1cnc2c(=O)n(-c3ccccc3)c(CCCC(F)(F)F)nc21. The maximum absolute atomic E-state index is 12.7. The summed E-state index contributed by atoms with van der Waals surface area (Å²) >= 11 is 0. The molecule has 3 rings (SSSR count). The molecule has 0 atom stereocenters. The number of alkyl halides is 3. The minimum Gasteiger partial charge on any atom is -0.318 e. The third-order valence-electron chi connectivity index (χ3n) is 3.68. The maximum Gasteiger partial charge on any atom is 0.389 e. The fraction of sp³-hybridized carbons (Fsp3) is 0.312. The van der Waals surface area contributed by atoms with E-state index in [1.165, 1.54) is 10.9 Å². The lowest BCUT2D eigenvalue weighted by atomic mass is 10.2. The lowest BCUT2D eigenvalue weighted by Crippen LogP contribution is -2.24. The van der Waals surface area contributed by atoms with Gasteiger partial charge in [0.1, 0.15) is 5.82 Å². The van der Waals surface area contributed by atoms with Gasteiger partial charge in [-0.25, -0.2) is 9.97 Å². The third kappa shape index (κ3) is 3.17. The number of benzene rings is 1. The summed E-state index contributed by atoms with van der Waals surface area (Å²) in [5, 5.41) is 0. The smallest absolute Gasteiger partial charge is 0.318 e. The molecule has 0 saturated carbocycles. The summed E-state index contributed by atoms with van der Waals surface area (Å²) in [6, 6.07) is 8.73. The number of hydrogen-bond acceptors (Lipinski definition) is 3. The Morgan fingerprint density at radius 2 is 1.88 bits per heavy atom. The van der Waals surface area contributed by atoms with Gasteiger partial charge in [-0.1, -0.05) is 18.2 Å². The first kappa shape index (κ1) is 16.2. The first-order valence-corrected chi connectivity index (χ1v) is 7.42. The molecule has 8 heteroatoms. The van der Waals surface area contributed by atoms with Crippen LogP contribution in [0, 0.1) is 0 Å². The van der Waals surface area contributed by atoms with Crippen molar-refractivity contribution >= 4 is 11.2 Å². The molecule has 0 radical (unpaired) electrons. The second-order valence-corrected chi connectivity index (χ2v) is 5.50. The monoisotopic (exact) mass is 336 g/mol. The van der Waals surface area contributed by atoms with E-state index in [9.17, 15) is 18.0 Å². The molecule has 0 N–H and O–H groups in total. The van der Waals surface area contributed by atoms with Crippen LogP contribution < -0.4 is 5.56 Å². The number of aromatic nitrogens is 4. The zero-order valence-corrected chi connectivity index (χ0v) is 12.9. The maximum atomic E-state index is 12.7. The fourth-order valence-corrected chi connectivity index (χ4v) is 2.56. The van der Waals surface area contributed by atoms with Crippen molar-refractivity contribution in [1.82, 2.24) is 19.1 Å². The van der Waals surface area contributed by atoms with Crippen molar-refractivity contribution in [3.8, 4) is 5.69 Å². The van der Waals surface area contributed by atoms with E-state index in [2.05, 4.69) is 9.97 Å². The van der Waals surface area contributed by atoms with Crippen molar-refractivity contribution in [3.05, 3.63) is 52.8 Å². The first-order valence-electron chi connectivity index (χ1n) is 7.42. The van der Waals surface area contributed by atoms with E-state index in [1.807, 2.05) is 0 Å². The molecule has 0 saturated heterocycles. The topological polar surface area (TPSA) is 52.7 Å². The van der Waals surface area contributed by atoms with Gasteiger partial charge in [-0.15, -0.1) is 0 Å². The van der Waals surface area contributed by atoms with Crippen LogP contribution in [0.1, 0.15) is 18.7 Å². The van der Waals surface area contributed by atoms with E-state index >= 15 is 0 Å². The highest BCUT2D eigenvalue weighted by molar-refractivity contribution is 5.70. The number of halogens is 3. The van der Waals surface area contributed by atoms with Crippen LogP contribution in [0.3, 0.4) is 0 Å². The molecule has 0 unspecified atom stereocenters. The molecule has 24 heavy (non-hydrogen) atoms. The van der Waals surface area contributed by atoms with E-state index < -0.39 is 12.6 Å². The van der Waals surface area contributed by atoms with Gasteiger partial charge < -0.3 is 4.57 Å². The Bertz CT molecular complexity index is 913. The van der Waals surface area contributed by atoms with E-state index in [-0.39, 0.29) is 23.9 Å². The molecule has 0 aliphatic rings. The second-order valence-electron chi connectivity index (χ2n) is 5.50. The summed E-state index contributed by atoms with van der Waals surface area (Å²) in [6.45, 7) is 0. The van der Waals surface area contributed by atoms with Crippen molar-refractivity contribution in [1.29, 1.82) is 0 Å². The Morgan fingerprint density at radius 3 is 2.54 bits per heavy atom. The number of imidazole rings is 1. The van der Waals surface area contributed by atoms with Gasteiger partial charge in [0, 0.05) is 19.9 Å². The Labute approximate surface area is 135 Å². The van der Waals surface area contributed by atoms with Crippen molar-refractivity contribution in [2.75, 3.05) is 0 Å². The van der Waals surface area contributed by atoms with Crippen molar-refractivity contribution in [3.63, 3.8) is 0 Å². The van der Waals surface area contributed by atoms with Crippen molar-refractivity contribution in [2.45, 2.75) is 25.4 Å². The van der Waals surface area contributed by atoms with Crippen LogP contribution in [0.5, 0.6) is 0 Å².